The smallest absolute Gasteiger partial charge is 0.387 e. The minimum absolute atomic E-state index is 0. The number of fused-ring (bicyclic) bond motifs is 20. The molecule has 0 amide bonds. The average molecular weight is 1860 g/mol. The maximum Gasteiger partial charge on any atom is 0.387 e. The largest absolute Gasteiger partial charge is 0.390 e. The Bertz CT molecular complexity index is 4600. The summed E-state index contributed by atoms with van der Waals surface area (Å²) < 4.78 is 143. The molecule has 0 aliphatic heterocycles. The van der Waals surface area contributed by atoms with Gasteiger partial charge in [-0.05, 0) is 428 Å². The summed E-state index contributed by atoms with van der Waals surface area (Å²) in [4.78, 5) is 11.4. The normalized spacial score (nSPS) is 40.4. The van der Waals surface area contributed by atoms with Crippen molar-refractivity contribution in [2.45, 2.75) is 328 Å². The van der Waals surface area contributed by atoms with E-state index in [1.165, 1.54) is 192 Å². The van der Waals surface area contributed by atoms with Gasteiger partial charge in [-0.1, -0.05) is 161 Å². The Morgan fingerprint density at radius 3 is 0.953 bits per heavy atom. The number of hydrogen-bond acceptors (Lipinski definition) is 11. The Morgan fingerprint density at radius 2 is 0.664 bits per heavy atom. The molecule has 0 unspecified atom stereocenters. The second-order valence-electron chi connectivity index (χ2n) is 42.0. The van der Waals surface area contributed by atoms with Crippen molar-refractivity contribution in [1.29, 1.82) is 0 Å². The molecule has 16 saturated carbocycles. The van der Waals surface area contributed by atoms with Gasteiger partial charge in [-0.25, -0.2) is 8.42 Å². The number of halogens is 8. The van der Waals surface area contributed by atoms with Crippen molar-refractivity contribution in [3.05, 3.63) is 149 Å². The predicted octanol–water partition coefficient (Wildman–Crippen LogP) is 26.2. The van der Waals surface area contributed by atoms with E-state index < -0.39 is 63.5 Å². The van der Waals surface area contributed by atoms with Crippen LogP contribution >= 0.6 is 12.2 Å². The number of hydrogen-bond donors (Lipinski definition) is 3. The zero-order chi connectivity index (χ0) is 92.5. The molecule has 16 aliphatic carbocycles. The van der Waals surface area contributed by atoms with Crippen molar-refractivity contribution >= 4 is 80.0 Å². The van der Waals surface area contributed by atoms with Crippen LogP contribution in [0, 0.1) is 140 Å². The maximum absolute atomic E-state index is 11.9. The van der Waals surface area contributed by atoms with Crippen molar-refractivity contribution < 1.29 is 81.9 Å². The molecule has 16 fully saturated rings. The van der Waals surface area contributed by atoms with Gasteiger partial charge in [-0.2, -0.15) is 52.0 Å². The van der Waals surface area contributed by atoms with E-state index in [2.05, 4.69) is 175 Å². The SMILES string of the molecule is C.CC=C1CC[C@H]2[C@@H]3CC[C@@H]4CC(=O)CC[C@@H]4[C@H]3CC[C@]12C.CC=C1CC[C@H]2[C@@H]3CC[C@@H]4C[C@@](O)(c5ccccc5)CC[C@@H]4[C@H]3CC[C@]12C.CC=C1CC[C@H]2[C@@H]3CC[C@@H]4C[C@](C)(O)CC[C@@H]4[C@H]3CC[C@]12C.CC=C1CC[C@H]2[C@@H]3CC[C@@H]4C[C@](O)(c5ccccc5)CC[C@@H]4[C@H]3CC[C@]12C.FC(F)=S.O=S(=O)(c1ccccc1)C(F)F.O=S(=O)=C(F)F.O=S(=O)=C(F)F.[B][B].[HH]. The molecule has 128 heavy (non-hydrogen) atoms. The average Bonchev–Trinajstić information content (AvgIpc) is 1.72. The van der Waals surface area contributed by atoms with E-state index >= 15 is 0 Å². The predicted molar refractivity (Wildman–Crippen MR) is 507 cm³/mol. The van der Waals surface area contributed by atoms with Crippen LogP contribution in [0.5, 0.6) is 0 Å². The third-order valence-corrected chi connectivity index (χ3v) is 38.9. The van der Waals surface area contributed by atoms with Crippen molar-refractivity contribution in [3.63, 3.8) is 0 Å². The van der Waals surface area contributed by atoms with Gasteiger partial charge >= 0.3 is 21.9 Å². The molecule has 0 bridgehead atoms. The van der Waals surface area contributed by atoms with E-state index in [9.17, 15) is 63.7 Å². The number of Topliss-reactive ketones (excluding diaryl/α,β-unsaturated/α-hetero) is 1. The molecule has 3 aromatic rings. The van der Waals surface area contributed by atoms with Crippen LogP contribution in [0.3, 0.4) is 0 Å². The van der Waals surface area contributed by atoms with Gasteiger partial charge in [-0.15, -0.1) is 0 Å². The van der Waals surface area contributed by atoms with E-state index in [1.807, 2.05) is 0 Å². The van der Waals surface area contributed by atoms with Crippen LogP contribution in [-0.2, 0) is 46.4 Å². The second kappa shape index (κ2) is 44.8. The first-order valence-corrected chi connectivity index (χ1v) is 52.1. The summed E-state index contributed by atoms with van der Waals surface area (Å²) in [5.74, 6) is 15.2. The van der Waals surface area contributed by atoms with Gasteiger partial charge in [0.2, 0.25) is 9.84 Å². The summed E-state index contributed by atoms with van der Waals surface area (Å²) in [5.41, 5.74) is 9.87. The van der Waals surface area contributed by atoms with Crippen LogP contribution in [0.25, 0.3) is 0 Å². The highest BCUT2D eigenvalue weighted by molar-refractivity contribution is 7.91. The molecule has 10 nitrogen and oxygen atoms in total. The first kappa shape index (κ1) is 105. The monoisotopic (exact) mass is 1860 g/mol. The fraction of sp³-hybridized carbons (Fsp3) is 0.712. The van der Waals surface area contributed by atoms with Gasteiger partial charge < -0.3 is 15.3 Å². The molecule has 3 aromatic carbocycles. The zero-order valence-electron chi connectivity index (χ0n) is 76.6. The Labute approximate surface area is 773 Å². The molecule has 0 heterocycles. The molecule has 4 radical (unpaired) electrons. The quantitative estimate of drug-likeness (QED) is 0.0744. The highest BCUT2D eigenvalue weighted by Gasteiger charge is 2.61. The fourth-order valence-corrected chi connectivity index (χ4v) is 32.3. The number of rotatable bonds is 4. The number of alkyl halides is 2. The van der Waals surface area contributed by atoms with Crippen LogP contribution in [0.1, 0.15) is 313 Å². The van der Waals surface area contributed by atoms with Crippen molar-refractivity contribution in [1.82, 2.24) is 0 Å². The lowest BCUT2D eigenvalue weighted by Crippen LogP contribution is -2.49. The third-order valence-electron chi connectivity index (χ3n) is 37.0. The van der Waals surface area contributed by atoms with E-state index in [4.69, 9.17) is 16.8 Å². The summed E-state index contributed by atoms with van der Waals surface area (Å²) in [7, 11) is -2.98. The molecule has 27 atom stereocenters. The van der Waals surface area contributed by atoms with E-state index in [-0.39, 0.29) is 19.3 Å². The number of benzene rings is 3. The number of thiocarbonyl (C=S) groups is 1. The molecule has 19 rings (SSSR count). The summed E-state index contributed by atoms with van der Waals surface area (Å²) >= 11 is 3.20. The highest BCUT2D eigenvalue weighted by atomic mass is 32.2. The van der Waals surface area contributed by atoms with Crippen LogP contribution in [0.15, 0.2) is 142 Å². The Morgan fingerprint density at radius 1 is 0.398 bits per heavy atom. The van der Waals surface area contributed by atoms with Crippen LogP contribution in [0.2, 0.25) is 0 Å². The maximum atomic E-state index is 11.9. The summed E-state index contributed by atoms with van der Waals surface area (Å²) in [5, 5.41) is 26.2. The molecular formula is C104H148B2F8O10S4. The summed E-state index contributed by atoms with van der Waals surface area (Å²) in [6.07, 6.45) is 56.2. The Balaban J connectivity index is 0.000000175. The Hall–Kier alpha value is -4.84. The molecule has 0 spiro atoms. The molecule has 24 heteroatoms. The summed E-state index contributed by atoms with van der Waals surface area (Å²) in [6.45, 7) is 21.4. The van der Waals surface area contributed by atoms with Crippen molar-refractivity contribution in [2.24, 2.45) is 140 Å². The first-order chi connectivity index (χ1) is 60.2. The lowest BCUT2D eigenvalue weighted by Gasteiger charge is -2.56. The Kier molecular flexibility index (Phi) is 36.8. The van der Waals surface area contributed by atoms with Gasteiger partial charge in [0.05, 0.1) is 21.7 Å². The van der Waals surface area contributed by atoms with Gasteiger partial charge in [0.25, 0.3) is 20.6 Å². The standard InChI is InChI=1S/2C26H36O.C21H34O.C20H30O.C7H6F2O2S.2CF2O2S.CF2S.CH4.B2.H2/c2*1-3-19-10-12-24-23-11-9-18-17-26(27,20-7-5-4-6-8-20)16-14-21(18)22(23)13-15-25(19,24)2;1-4-15-6-8-19-18-7-5-14-13-20(2,22)11-9-16(14)17(18)10-12-21(15,19)3;1-3-14-5-9-19-18-7-4-13-12-15(21)6-8-16(13)17(18)10-11-20(14,19)2;8-7(9)12(10,11)6-4-2-1-3-5-6;2*2-1(3)6(4)5;2-1(3)4;;1-2;/h2*3-8,18,21-24,27H,9-17H2,1-2H3;4,14,16-19,22H,5-13H2,1-3H3;3,13,16-19H,4-12H2,1-2H3;1-5,7H;;;;1H4;;1H/t18-,21+,22-,23-,24+,25-,26+;18-,21+,22-,23-,24+,25-,26-;14-,16+,17-,18-,19+,20-,21-;13-,16+,17-,18-,19+,20-;;;;;;;/m1111......./s1. The van der Waals surface area contributed by atoms with Gasteiger partial charge in [0.15, 0.2) is 0 Å². The fourth-order valence-electron chi connectivity index (χ4n) is 31.5. The first-order valence-electron chi connectivity index (χ1n) is 48.0. The zero-order valence-corrected chi connectivity index (χ0v) is 79.8. The lowest BCUT2D eigenvalue weighted by molar-refractivity contribution is -0.126. The van der Waals surface area contributed by atoms with Crippen LogP contribution < -0.4 is 0 Å². The third kappa shape index (κ3) is 22.8. The van der Waals surface area contributed by atoms with Gasteiger partial charge in [0, 0.05) is 29.7 Å². The molecule has 3 N–H and O–H groups in total. The number of allylic oxidation sites excluding steroid dienone is 8. The van der Waals surface area contributed by atoms with Crippen LogP contribution in [0.4, 0.5) is 35.1 Å². The van der Waals surface area contributed by atoms with Gasteiger partial charge in [-0.3, -0.25) is 4.79 Å². The second-order valence-corrected chi connectivity index (χ2v) is 45.8. The topological polar surface area (TPSA) is 180 Å². The number of aliphatic hydroxyl groups is 3. The van der Waals surface area contributed by atoms with Gasteiger partial charge in [0.1, 0.15) is 5.78 Å². The summed E-state index contributed by atoms with van der Waals surface area (Å²) in [6, 6.07) is 27.6. The minimum Gasteiger partial charge on any atom is -0.390 e. The van der Waals surface area contributed by atoms with E-state index in [0.29, 0.717) is 27.4 Å². The number of ketones is 1. The van der Waals surface area contributed by atoms with E-state index in [1.54, 1.807) is 28.4 Å². The van der Waals surface area contributed by atoms with E-state index in [0.717, 1.165) is 193 Å². The number of carbonyl (C=O) groups excluding carboxylic acids is 1. The highest BCUT2D eigenvalue weighted by Crippen LogP contribution is 2.70. The molecular weight excluding hydrogens is 1710 g/mol. The van der Waals surface area contributed by atoms with Crippen molar-refractivity contribution in [2.75, 3.05) is 0 Å². The lowest BCUT2D eigenvalue weighted by atomic mass is 9.49. The molecule has 710 valence electrons. The molecule has 0 aromatic heterocycles. The number of carbonyl (C=O) groups is 1. The number of sulfone groups is 1. The molecule has 0 saturated heterocycles. The van der Waals surface area contributed by atoms with Crippen LogP contribution in [-0.4, -0.2) is 89.3 Å². The van der Waals surface area contributed by atoms with Crippen molar-refractivity contribution in [3.8, 4) is 0 Å². The molecule has 16 aliphatic rings. The minimum atomic E-state index is -4.41.